The molecule has 1 atom stereocenters. The van der Waals surface area contributed by atoms with Crippen LogP contribution in [0.15, 0.2) is 12.1 Å². The van der Waals surface area contributed by atoms with Crippen LogP contribution in [0.2, 0.25) is 0 Å². The minimum absolute atomic E-state index is 0.237. The summed E-state index contributed by atoms with van der Waals surface area (Å²) in [4.78, 5) is 0.582. The number of thiocarbonyl (C=S) groups is 1. The molecule has 2 nitrogen and oxygen atoms in total. The molecule has 0 aliphatic heterocycles. The molecule has 1 aromatic carbocycles. The van der Waals surface area contributed by atoms with Crippen molar-refractivity contribution in [3.8, 4) is 5.75 Å². The van der Waals surface area contributed by atoms with Gasteiger partial charge in [-0.1, -0.05) is 32.1 Å². The number of hydrogen-bond donors (Lipinski definition) is 1. The van der Waals surface area contributed by atoms with E-state index in [1.54, 1.807) is 0 Å². The van der Waals surface area contributed by atoms with Crippen molar-refractivity contribution in [1.82, 2.24) is 0 Å². The monoisotopic (exact) mass is 265 g/mol. The summed E-state index contributed by atoms with van der Waals surface area (Å²) in [6, 6.07) is 4.18. The predicted octanol–water partition coefficient (Wildman–Crippen LogP) is 3.56. The summed E-state index contributed by atoms with van der Waals surface area (Å²) in [6.07, 6.45) is 1.93. The highest BCUT2D eigenvalue weighted by Crippen LogP contribution is 2.26. The summed E-state index contributed by atoms with van der Waals surface area (Å²) in [5.74, 6) is 1.22. The van der Waals surface area contributed by atoms with Gasteiger partial charge in [0.05, 0.1) is 11.6 Å². The zero-order valence-electron chi connectivity index (χ0n) is 11.7. The fraction of sp³-hybridized carbons (Fsp3) is 0.533. The van der Waals surface area contributed by atoms with Gasteiger partial charge < -0.3 is 10.5 Å². The van der Waals surface area contributed by atoms with Gasteiger partial charge in [0.2, 0.25) is 0 Å². The third kappa shape index (κ3) is 3.70. The summed E-state index contributed by atoms with van der Waals surface area (Å²) in [5.41, 5.74) is 9.48. The Balaban J connectivity index is 2.90. The summed E-state index contributed by atoms with van der Waals surface area (Å²) < 4.78 is 5.72. The molecule has 0 saturated carbocycles. The molecule has 0 radical (unpaired) electrons. The number of ether oxygens (including phenoxy) is 1. The Morgan fingerprint density at radius 2 is 2.00 bits per heavy atom. The summed E-state index contributed by atoms with van der Waals surface area (Å²) in [7, 11) is 0. The highest BCUT2D eigenvalue weighted by molar-refractivity contribution is 7.80. The zero-order valence-corrected chi connectivity index (χ0v) is 12.6. The van der Waals surface area contributed by atoms with Crippen molar-refractivity contribution in [2.45, 2.75) is 40.5 Å². The average molecular weight is 265 g/mol. The quantitative estimate of drug-likeness (QED) is 0.799. The molecule has 1 rings (SSSR count). The first-order chi connectivity index (χ1) is 8.47. The van der Waals surface area contributed by atoms with E-state index in [-0.39, 0.29) is 5.92 Å². The Morgan fingerprint density at radius 1 is 1.33 bits per heavy atom. The lowest BCUT2D eigenvalue weighted by Crippen LogP contribution is -2.20. The van der Waals surface area contributed by atoms with Crippen LogP contribution in [0.4, 0.5) is 0 Å². The average Bonchev–Trinajstić information content (AvgIpc) is 2.34. The van der Waals surface area contributed by atoms with Gasteiger partial charge in [0, 0.05) is 5.92 Å². The van der Waals surface area contributed by atoms with Gasteiger partial charge in [-0.25, -0.2) is 0 Å². The first kappa shape index (κ1) is 15.0. The van der Waals surface area contributed by atoms with Crippen LogP contribution in [0.25, 0.3) is 0 Å². The maximum absolute atomic E-state index is 5.72. The van der Waals surface area contributed by atoms with Crippen LogP contribution in [0.5, 0.6) is 5.75 Å². The van der Waals surface area contributed by atoms with Gasteiger partial charge in [-0.2, -0.15) is 0 Å². The molecule has 0 aliphatic rings. The molecule has 0 heterocycles. The third-order valence-corrected chi connectivity index (χ3v) is 3.73. The van der Waals surface area contributed by atoms with Crippen molar-refractivity contribution < 1.29 is 4.74 Å². The second kappa shape index (κ2) is 6.74. The Morgan fingerprint density at radius 3 is 2.56 bits per heavy atom. The lowest BCUT2D eigenvalue weighted by Gasteiger charge is -2.16. The predicted molar refractivity (Wildman–Crippen MR) is 81.4 cm³/mol. The number of hydrogen-bond acceptors (Lipinski definition) is 2. The van der Waals surface area contributed by atoms with Crippen molar-refractivity contribution >= 4 is 17.2 Å². The van der Waals surface area contributed by atoms with E-state index in [0.29, 0.717) is 4.99 Å². The van der Waals surface area contributed by atoms with Crippen LogP contribution in [0.1, 0.15) is 37.0 Å². The summed E-state index contributed by atoms with van der Waals surface area (Å²) in [6.45, 7) is 9.19. The molecule has 0 aromatic heterocycles. The van der Waals surface area contributed by atoms with E-state index in [2.05, 4.69) is 39.8 Å². The van der Waals surface area contributed by atoms with E-state index in [0.717, 1.165) is 25.2 Å². The SMILES string of the molecule is CCCOc1ccc(CC(C)C(N)=S)c(C)c1C. The number of benzene rings is 1. The Bertz CT molecular complexity index is 429. The molecular formula is C15H23NOS. The molecule has 0 fully saturated rings. The van der Waals surface area contributed by atoms with Crippen LogP contribution in [0.3, 0.4) is 0 Å². The van der Waals surface area contributed by atoms with Crippen LogP contribution in [-0.4, -0.2) is 11.6 Å². The maximum atomic E-state index is 5.72. The minimum atomic E-state index is 0.237. The fourth-order valence-corrected chi connectivity index (χ4v) is 1.96. The van der Waals surface area contributed by atoms with Gasteiger partial charge in [0.15, 0.2) is 0 Å². The first-order valence-corrected chi connectivity index (χ1v) is 6.89. The third-order valence-electron chi connectivity index (χ3n) is 3.32. The van der Waals surface area contributed by atoms with Gasteiger partial charge in [0.25, 0.3) is 0 Å². The summed E-state index contributed by atoms with van der Waals surface area (Å²) >= 11 is 5.03. The van der Waals surface area contributed by atoms with E-state index in [4.69, 9.17) is 22.7 Å². The summed E-state index contributed by atoms with van der Waals surface area (Å²) in [5, 5.41) is 0. The molecule has 2 N–H and O–H groups in total. The highest BCUT2D eigenvalue weighted by atomic mass is 32.1. The van der Waals surface area contributed by atoms with E-state index in [1.165, 1.54) is 16.7 Å². The van der Waals surface area contributed by atoms with Crippen molar-refractivity contribution in [1.29, 1.82) is 0 Å². The van der Waals surface area contributed by atoms with Gasteiger partial charge in [-0.15, -0.1) is 0 Å². The van der Waals surface area contributed by atoms with Crippen molar-refractivity contribution in [3.05, 3.63) is 28.8 Å². The molecule has 1 aromatic rings. The second-order valence-corrected chi connectivity index (χ2v) is 5.30. The second-order valence-electron chi connectivity index (χ2n) is 4.83. The van der Waals surface area contributed by atoms with Crippen molar-refractivity contribution in [2.75, 3.05) is 6.61 Å². The number of nitrogens with two attached hydrogens (primary N) is 1. The first-order valence-electron chi connectivity index (χ1n) is 6.48. The van der Waals surface area contributed by atoms with Crippen LogP contribution < -0.4 is 10.5 Å². The largest absolute Gasteiger partial charge is 0.493 e. The molecule has 0 saturated heterocycles. The molecule has 18 heavy (non-hydrogen) atoms. The lowest BCUT2D eigenvalue weighted by molar-refractivity contribution is 0.315. The molecule has 3 heteroatoms. The highest BCUT2D eigenvalue weighted by Gasteiger charge is 2.11. The van der Waals surface area contributed by atoms with E-state index >= 15 is 0 Å². The van der Waals surface area contributed by atoms with Crippen LogP contribution in [0, 0.1) is 19.8 Å². The van der Waals surface area contributed by atoms with Crippen LogP contribution >= 0.6 is 12.2 Å². The minimum Gasteiger partial charge on any atom is -0.493 e. The fourth-order valence-electron chi connectivity index (χ4n) is 1.87. The van der Waals surface area contributed by atoms with E-state index in [1.807, 2.05) is 0 Å². The number of rotatable bonds is 6. The smallest absolute Gasteiger partial charge is 0.122 e. The lowest BCUT2D eigenvalue weighted by atomic mass is 9.94. The topological polar surface area (TPSA) is 35.2 Å². The van der Waals surface area contributed by atoms with Gasteiger partial charge >= 0.3 is 0 Å². The van der Waals surface area contributed by atoms with Gasteiger partial charge in [0.1, 0.15) is 5.75 Å². The van der Waals surface area contributed by atoms with Crippen molar-refractivity contribution in [2.24, 2.45) is 11.7 Å². The molecule has 0 aliphatic carbocycles. The van der Waals surface area contributed by atoms with Crippen LogP contribution in [-0.2, 0) is 6.42 Å². The molecule has 0 spiro atoms. The van der Waals surface area contributed by atoms with E-state index < -0.39 is 0 Å². The molecular weight excluding hydrogens is 242 g/mol. The molecule has 0 amide bonds. The Hall–Kier alpha value is -1.09. The normalized spacial score (nSPS) is 12.2. The van der Waals surface area contributed by atoms with E-state index in [9.17, 15) is 0 Å². The Kier molecular flexibility index (Phi) is 5.60. The molecule has 100 valence electrons. The van der Waals surface area contributed by atoms with Gasteiger partial charge in [-0.3, -0.25) is 0 Å². The van der Waals surface area contributed by atoms with Gasteiger partial charge in [-0.05, 0) is 49.4 Å². The molecule has 1 unspecified atom stereocenters. The van der Waals surface area contributed by atoms with Crippen molar-refractivity contribution in [3.63, 3.8) is 0 Å². The zero-order chi connectivity index (χ0) is 13.7. The maximum Gasteiger partial charge on any atom is 0.122 e. The standard InChI is InChI=1S/C15H23NOS/c1-5-8-17-14-7-6-13(11(3)12(14)4)9-10(2)15(16)18/h6-7,10H,5,8-9H2,1-4H3,(H2,16,18). The molecule has 0 bridgehead atoms. The Labute approximate surface area is 116 Å².